The SMILES string of the molecule is COc1cc(N2CCN(C)CC2)cc(N2CCN(C)CC2)c1. The van der Waals surface area contributed by atoms with Crippen LogP contribution in [-0.4, -0.2) is 83.4 Å². The maximum Gasteiger partial charge on any atom is 0.122 e. The zero-order chi connectivity index (χ0) is 15.5. The molecule has 1 aromatic rings. The van der Waals surface area contributed by atoms with E-state index in [1.165, 1.54) is 11.4 Å². The van der Waals surface area contributed by atoms with Gasteiger partial charge >= 0.3 is 0 Å². The number of anilines is 2. The summed E-state index contributed by atoms with van der Waals surface area (Å²) in [5, 5.41) is 0. The van der Waals surface area contributed by atoms with Gasteiger partial charge in [0.2, 0.25) is 0 Å². The van der Waals surface area contributed by atoms with Crippen LogP contribution >= 0.6 is 0 Å². The first kappa shape index (κ1) is 15.4. The van der Waals surface area contributed by atoms with Crippen LogP contribution in [0.15, 0.2) is 18.2 Å². The largest absolute Gasteiger partial charge is 0.497 e. The molecule has 0 saturated carbocycles. The topological polar surface area (TPSA) is 22.2 Å². The number of likely N-dealkylation sites (N-methyl/N-ethyl adjacent to an activating group) is 2. The van der Waals surface area contributed by atoms with Gasteiger partial charge in [-0.1, -0.05) is 0 Å². The van der Waals surface area contributed by atoms with Gasteiger partial charge in [0.15, 0.2) is 0 Å². The molecule has 5 heteroatoms. The van der Waals surface area contributed by atoms with E-state index in [1.54, 1.807) is 7.11 Å². The molecule has 0 bridgehead atoms. The normalized spacial score (nSPS) is 21.2. The van der Waals surface area contributed by atoms with Crippen molar-refractivity contribution in [2.24, 2.45) is 0 Å². The van der Waals surface area contributed by atoms with Gasteiger partial charge in [-0.3, -0.25) is 0 Å². The fourth-order valence-electron chi connectivity index (χ4n) is 3.18. The Morgan fingerprint density at radius 2 is 1.09 bits per heavy atom. The van der Waals surface area contributed by atoms with Gasteiger partial charge < -0.3 is 24.3 Å². The fraction of sp³-hybridized carbons (Fsp3) is 0.647. The second-order valence-corrected chi connectivity index (χ2v) is 6.47. The van der Waals surface area contributed by atoms with E-state index >= 15 is 0 Å². The third-order valence-electron chi connectivity index (χ3n) is 4.85. The molecule has 0 atom stereocenters. The number of hydrogen-bond donors (Lipinski definition) is 0. The molecule has 2 heterocycles. The minimum absolute atomic E-state index is 0.963. The Labute approximate surface area is 134 Å². The summed E-state index contributed by atoms with van der Waals surface area (Å²) in [4.78, 5) is 9.72. The number of ether oxygens (including phenoxy) is 1. The molecule has 3 rings (SSSR count). The van der Waals surface area contributed by atoms with Crippen LogP contribution in [-0.2, 0) is 0 Å². The predicted octanol–water partition coefficient (Wildman–Crippen LogP) is 1.20. The maximum absolute atomic E-state index is 5.55. The van der Waals surface area contributed by atoms with Crippen molar-refractivity contribution < 1.29 is 4.74 Å². The summed E-state index contributed by atoms with van der Waals surface area (Å²) >= 11 is 0. The third-order valence-corrected chi connectivity index (χ3v) is 4.85. The molecule has 1 aromatic carbocycles. The zero-order valence-corrected chi connectivity index (χ0v) is 14.1. The van der Waals surface area contributed by atoms with E-state index < -0.39 is 0 Å². The van der Waals surface area contributed by atoms with Crippen molar-refractivity contribution >= 4 is 11.4 Å². The molecule has 0 aromatic heterocycles. The van der Waals surface area contributed by atoms with Crippen molar-refractivity contribution in [2.45, 2.75) is 0 Å². The van der Waals surface area contributed by atoms with Gasteiger partial charge in [-0.2, -0.15) is 0 Å². The van der Waals surface area contributed by atoms with E-state index in [4.69, 9.17) is 4.74 Å². The Kier molecular flexibility index (Phi) is 4.74. The van der Waals surface area contributed by atoms with Crippen LogP contribution in [0.3, 0.4) is 0 Å². The Hall–Kier alpha value is -1.46. The Morgan fingerprint density at radius 3 is 1.45 bits per heavy atom. The van der Waals surface area contributed by atoms with Crippen LogP contribution in [0, 0.1) is 0 Å². The van der Waals surface area contributed by atoms with Crippen molar-refractivity contribution in [1.29, 1.82) is 0 Å². The van der Waals surface area contributed by atoms with Gasteiger partial charge in [-0.15, -0.1) is 0 Å². The lowest BCUT2D eigenvalue weighted by Crippen LogP contribution is -2.45. The first-order valence-electron chi connectivity index (χ1n) is 8.22. The Bertz CT molecular complexity index is 451. The molecule has 0 radical (unpaired) electrons. The minimum atomic E-state index is 0.963. The van der Waals surface area contributed by atoms with Gasteiger partial charge in [0, 0.05) is 75.9 Å². The molecule has 0 aliphatic carbocycles. The number of methoxy groups -OCH3 is 1. The number of piperazine rings is 2. The minimum Gasteiger partial charge on any atom is -0.497 e. The highest BCUT2D eigenvalue weighted by atomic mass is 16.5. The molecule has 2 aliphatic rings. The number of nitrogens with zero attached hydrogens (tertiary/aromatic N) is 4. The van der Waals surface area contributed by atoms with Crippen molar-refractivity contribution in [2.75, 3.05) is 83.4 Å². The highest BCUT2D eigenvalue weighted by Gasteiger charge is 2.19. The van der Waals surface area contributed by atoms with Crippen LogP contribution in [0.25, 0.3) is 0 Å². The van der Waals surface area contributed by atoms with E-state index in [9.17, 15) is 0 Å². The molecular formula is C17H28N4O. The molecule has 2 aliphatic heterocycles. The number of benzene rings is 1. The summed E-state index contributed by atoms with van der Waals surface area (Å²) in [6.45, 7) is 8.86. The molecule has 2 saturated heterocycles. The molecule has 0 N–H and O–H groups in total. The summed E-state index contributed by atoms with van der Waals surface area (Å²) in [6.07, 6.45) is 0. The highest BCUT2D eigenvalue weighted by molar-refractivity contribution is 5.64. The molecule has 0 amide bonds. The molecule has 5 nitrogen and oxygen atoms in total. The highest BCUT2D eigenvalue weighted by Crippen LogP contribution is 2.30. The smallest absolute Gasteiger partial charge is 0.122 e. The first-order chi connectivity index (χ1) is 10.7. The summed E-state index contributed by atoms with van der Waals surface area (Å²) in [5.74, 6) is 0.963. The average Bonchev–Trinajstić information content (AvgIpc) is 2.55. The van der Waals surface area contributed by atoms with Gasteiger partial charge in [0.1, 0.15) is 5.75 Å². The van der Waals surface area contributed by atoms with Crippen LogP contribution in [0.5, 0.6) is 5.75 Å². The molecule has 122 valence electrons. The summed E-state index contributed by atoms with van der Waals surface area (Å²) < 4.78 is 5.55. The van der Waals surface area contributed by atoms with Crippen molar-refractivity contribution in [3.63, 3.8) is 0 Å². The quantitative estimate of drug-likeness (QED) is 0.834. The average molecular weight is 304 g/mol. The fourth-order valence-corrected chi connectivity index (χ4v) is 3.18. The third kappa shape index (κ3) is 3.47. The lowest BCUT2D eigenvalue weighted by molar-refractivity contribution is 0.311. The van der Waals surface area contributed by atoms with E-state index in [0.717, 1.165) is 58.1 Å². The van der Waals surface area contributed by atoms with Crippen molar-refractivity contribution in [1.82, 2.24) is 9.80 Å². The van der Waals surface area contributed by atoms with E-state index in [-0.39, 0.29) is 0 Å². The van der Waals surface area contributed by atoms with Crippen LogP contribution in [0.4, 0.5) is 11.4 Å². The van der Waals surface area contributed by atoms with Gasteiger partial charge in [-0.25, -0.2) is 0 Å². The van der Waals surface area contributed by atoms with Crippen molar-refractivity contribution in [3.05, 3.63) is 18.2 Å². The van der Waals surface area contributed by atoms with E-state index in [2.05, 4.69) is 51.9 Å². The second-order valence-electron chi connectivity index (χ2n) is 6.47. The molecule has 0 spiro atoms. The Morgan fingerprint density at radius 1 is 0.682 bits per heavy atom. The van der Waals surface area contributed by atoms with E-state index in [1.807, 2.05) is 0 Å². The molecule has 22 heavy (non-hydrogen) atoms. The lowest BCUT2D eigenvalue weighted by atomic mass is 10.2. The van der Waals surface area contributed by atoms with Crippen LogP contribution in [0.2, 0.25) is 0 Å². The lowest BCUT2D eigenvalue weighted by Gasteiger charge is -2.37. The summed E-state index contributed by atoms with van der Waals surface area (Å²) in [5.41, 5.74) is 2.59. The van der Waals surface area contributed by atoms with E-state index in [0.29, 0.717) is 0 Å². The Balaban J connectivity index is 1.80. The second kappa shape index (κ2) is 6.75. The first-order valence-corrected chi connectivity index (χ1v) is 8.22. The molecule has 0 unspecified atom stereocenters. The summed E-state index contributed by atoms with van der Waals surface area (Å²) in [7, 11) is 6.15. The monoisotopic (exact) mass is 304 g/mol. The standard InChI is InChI=1S/C17H28N4O/c1-18-4-8-20(9-5-18)15-12-16(14-17(13-15)22-3)21-10-6-19(2)7-11-21/h12-14H,4-11H2,1-3H3. The zero-order valence-electron chi connectivity index (χ0n) is 14.1. The van der Waals surface area contributed by atoms with Gasteiger partial charge in [-0.05, 0) is 20.2 Å². The van der Waals surface area contributed by atoms with Crippen LogP contribution < -0.4 is 14.5 Å². The number of rotatable bonds is 3. The van der Waals surface area contributed by atoms with Crippen molar-refractivity contribution in [3.8, 4) is 5.75 Å². The molecular weight excluding hydrogens is 276 g/mol. The number of hydrogen-bond acceptors (Lipinski definition) is 5. The predicted molar refractivity (Wildman–Crippen MR) is 92.4 cm³/mol. The van der Waals surface area contributed by atoms with Crippen LogP contribution in [0.1, 0.15) is 0 Å². The maximum atomic E-state index is 5.55. The van der Waals surface area contributed by atoms with Gasteiger partial charge in [0.05, 0.1) is 7.11 Å². The van der Waals surface area contributed by atoms with Gasteiger partial charge in [0.25, 0.3) is 0 Å². The molecule has 2 fully saturated rings. The summed E-state index contributed by atoms with van der Waals surface area (Å²) in [6, 6.07) is 6.68.